The molecule has 8 nitrogen and oxygen atoms in total. The van der Waals surface area contributed by atoms with Crippen LogP contribution in [0.25, 0.3) is 5.69 Å². The van der Waals surface area contributed by atoms with Gasteiger partial charge in [-0.1, -0.05) is 37.3 Å². The molecule has 0 spiro atoms. The van der Waals surface area contributed by atoms with Gasteiger partial charge in [-0.25, -0.2) is 17.5 Å². The zero-order valence-electron chi connectivity index (χ0n) is 22.5. The Morgan fingerprint density at radius 2 is 1.77 bits per heavy atom. The van der Waals surface area contributed by atoms with Crippen LogP contribution in [0.2, 0.25) is 0 Å². The van der Waals surface area contributed by atoms with Crippen molar-refractivity contribution in [2.24, 2.45) is 0 Å². The highest BCUT2D eigenvalue weighted by Crippen LogP contribution is 2.35. The zero-order valence-corrected chi connectivity index (χ0v) is 23.3. The molecule has 0 bridgehead atoms. The lowest BCUT2D eigenvalue weighted by Crippen LogP contribution is -2.37. The first-order valence-electron chi connectivity index (χ1n) is 13.2. The largest absolute Gasteiger partial charge is 0.497 e. The molecule has 0 unspecified atom stereocenters. The van der Waals surface area contributed by atoms with Crippen molar-refractivity contribution in [1.29, 1.82) is 0 Å². The summed E-state index contributed by atoms with van der Waals surface area (Å²) in [5.74, 6) is 0.305. The van der Waals surface area contributed by atoms with E-state index in [1.54, 1.807) is 28.9 Å². The summed E-state index contributed by atoms with van der Waals surface area (Å²) in [6.07, 6.45) is 1.91. The summed E-state index contributed by atoms with van der Waals surface area (Å²) in [4.78, 5) is 0.136. The molecular formula is C30H32FN3O5S. The van der Waals surface area contributed by atoms with Crippen LogP contribution in [0.3, 0.4) is 0 Å². The number of hydrogen-bond donors (Lipinski definition) is 0. The second kappa shape index (κ2) is 12.2. The number of rotatable bonds is 11. The third-order valence-corrected chi connectivity index (χ3v) is 8.69. The summed E-state index contributed by atoms with van der Waals surface area (Å²) in [5.41, 5.74) is 1.92. The SMILES string of the molecule is CCc1nn(-c2ccccc2)c(Oc2ccccc2F)c1CN(C[C@@H]1CCCO1)S(=O)(=O)c1ccc(OC)cc1. The zero-order chi connectivity index (χ0) is 28.1. The molecule has 0 amide bonds. The Kier molecular flexibility index (Phi) is 8.49. The standard InChI is InChI=1S/C30H32FN3O5S/c1-3-28-26(30(39-29-14-8-7-13-27(29)31)34(32-28)22-10-5-4-6-11-22)21-33(20-24-12-9-19-38-24)40(35,36)25-17-15-23(37-2)16-18-25/h4-8,10-11,13-18,24H,3,9,12,19-21H2,1-2H3/t24-/m0/s1. The molecule has 40 heavy (non-hydrogen) atoms. The molecule has 0 radical (unpaired) electrons. The lowest BCUT2D eigenvalue weighted by atomic mass is 10.2. The highest BCUT2D eigenvalue weighted by Gasteiger charge is 2.33. The highest BCUT2D eigenvalue weighted by molar-refractivity contribution is 7.89. The normalized spacial score (nSPS) is 15.4. The van der Waals surface area contributed by atoms with Crippen LogP contribution in [0.15, 0.2) is 83.8 Å². The second-order valence-corrected chi connectivity index (χ2v) is 11.4. The minimum atomic E-state index is -3.96. The van der Waals surface area contributed by atoms with Crippen LogP contribution in [-0.2, 0) is 27.7 Å². The number of para-hydroxylation sites is 2. The molecular weight excluding hydrogens is 533 g/mol. The van der Waals surface area contributed by atoms with Gasteiger partial charge >= 0.3 is 0 Å². The number of nitrogens with zero attached hydrogens (tertiary/aromatic N) is 3. The summed E-state index contributed by atoms with van der Waals surface area (Å²) in [6, 6.07) is 21.8. The van der Waals surface area contributed by atoms with E-state index in [2.05, 4.69) is 0 Å². The second-order valence-electron chi connectivity index (χ2n) is 9.47. The van der Waals surface area contributed by atoms with Crippen molar-refractivity contribution in [2.75, 3.05) is 20.3 Å². The Morgan fingerprint density at radius 3 is 2.42 bits per heavy atom. The minimum Gasteiger partial charge on any atom is -0.497 e. The van der Waals surface area contributed by atoms with Crippen LogP contribution in [-0.4, -0.2) is 48.9 Å². The van der Waals surface area contributed by atoms with Crippen molar-refractivity contribution in [3.63, 3.8) is 0 Å². The summed E-state index contributed by atoms with van der Waals surface area (Å²) < 4.78 is 63.0. The minimum absolute atomic E-state index is 0.0205. The Labute approximate surface area is 234 Å². The average Bonchev–Trinajstić information content (AvgIpc) is 3.62. The van der Waals surface area contributed by atoms with Crippen LogP contribution in [0.5, 0.6) is 17.4 Å². The average molecular weight is 566 g/mol. The van der Waals surface area contributed by atoms with Crippen LogP contribution < -0.4 is 9.47 Å². The molecule has 0 N–H and O–H groups in total. The fraction of sp³-hybridized carbons (Fsp3) is 0.300. The first-order chi connectivity index (χ1) is 19.4. The van der Waals surface area contributed by atoms with Crippen LogP contribution >= 0.6 is 0 Å². The molecule has 210 valence electrons. The molecule has 1 saturated heterocycles. The number of ether oxygens (including phenoxy) is 3. The van der Waals surface area contributed by atoms with Gasteiger partial charge in [-0.2, -0.15) is 9.40 Å². The maximum Gasteiger partial charge on any atom is 0.243 e. The first kappa shape index (κ1) is 27.8. The van der Waals surface area contributed by atoms with Gasteiger partial charge in [0, 0.05) is 19.7 Å². The van der Waals surface area contributed by atoms with Gasteiger partial charge in [0.25, 0.3) is 0 Å². The van der Waals surface area contributed by atoms with Gasteiger partial charge in [0.1, 0.15) is 5.75 Å². The fourth-order valence-corrected chi connectivity index (χ4v) is 6.18. The van der Waals surface area contributed by atoms with Crippen LogP contribution in [0, 0.1) is 5.82 Å². The topological polar surface area (TPSA) is 82.9 Å². The molecule has 0 aliphatic carbocycles. The van der Waals surface area contributed by atoms with Crippen molar-refractivity contribution in [1.82, 2.24) is 14.1 Å². The van der Waals surface area contributed by atoms with Crippen molar-refractivity contribution in [3.05, 3.63) is 95.9 Å². The van der Waals surface area contributed by atoms with E-state index < -0.39 is 15.8 Å². The van der Waals surface area contributed by atoms with E-state index in [0.29, 0.717) is 35.7 Å². The van der Waals surface area contributed by atoms with E-state index in [1.165, 1.54) is 35.7 Å². The molecule has 1 fully saturated rings. The number of methoxy groups -OCH3 is 1. The van der Waals surface area contributed by atoms with E-state index in [4.69, 9.17) is 19.3 Å². The lowest BCUT2D eigenvalue weighted by Gasteiger charge is -2.25. The smallest absolute Gasteiger partial charge is 0.243 e. The Hall–Kier alpha value is -3.73. The molecule has 1 aromatic heterocycles. The third kappa shape index (κ3) is 5.89. The molecule has 10 heteroatoms. The van der Waals surface area contributed by atoms with E-state index in [0.717, 1.165) is 12.8 Å². The number of sulfonamides is 1. The summed E-state index contributed by atoms with van der Waals surface area (Å²) >= 11 is 0. The molecule has 3 aromatic carbocycles. The molecule has 1 atom stereocenters. The molecule has 1 aliphatic rings. The van der Waals surface area contributed by atoms with Crippen molar-refractivity contribution < 1.29 is 27.0 Å². The Morgan fingerprint density at radius 1 is 1.05 bits per heavy atom. The summed E-state index contributed by atoms with van der Waals surface area (Å²) in [7, 11) is -2.43. The van der Waals surface area contributed by atoms with E-state index in [1.807, 2.05) is 37.3 Å². The van der Waals surface area contributed by atoms with Gasteiger partial charge in [0.15, 0.2) is 11.6 Å². The molecule has 2 heterocycles. The van der Waals surface area contributed by atoms with Gasteiger partial charge in [0.05, 0.1) is 35.1 Å². The fourth-order valence-electron chi connectivity index (χ4n) is 4.74. The Balaban J connectivity index is 1.61. The van der Waals surface area contributed by atoms with Gasteiger partial charge in [-0.05, 0) is 67.8 Å². The molecule has 1 aliphatic heterocycles. The molecule has 0 saturated carbocycles. The van der Waals surface area contributed by atoms with Crippen molar-refractivity contribution >= 4 is 10.0 Å². The van der Waals surface area contributed by atoms with Crippen LogP contribution in [0.4, 0.5) is 4.39 Å². The third-order valence-electron chi connectivity index (χ3n) is 6.86. The van der Waals surface area contributed by atoms with Crippen molar-refractivity contribution in [3.8, 4) is 23.1 Å². The molecule has 4 aromatic rings. The van der Waals surface area contributed by atoms with Gasteiger partial charge in [-0.15, -0.1) is 0 Å². The maximum atomic E-state index is 14.7. The monoisotopic (exact) mass is 565 g/mol. The predicted octanol–water partition coefficient (Wildman–Crippen LogP) is 5.74. The van der Waals surface area contributed by atoms with Gasteiger partial charge < -0.3 is 14.2 Å². The number of aryl methyl sites for hydroxylation is 1. The van der Waals surface area contributed by atoms with E-state index >= 15 is 0 Å². The lowest BCUT2D eigenvalue weighted by molar-refractivity contribution is 0.0924. The van der Waals surface area contributed by atoms with E-state index in [9.17, 15) is 12.8 Å². The predicted molar refractivity (Wildman–Crippen MR) is 149 cm³/mol. The number of halogens is 1. The number of hydrogen-bond acceptors (Lipinski definition) is 6. The summed E-state index contributed by atoms with van der Waals surface area (Å²) in [6.45, 7) is 2.66. The first-order valence-corrected chi connectivity index (χ1v) is 14.7. The number of aromatic nitrogens is 2. The highest BCUT2D eigenvalue weighted by atomic mass is 32.2. The van der Waals surface area contributed by atoms with Crippen molar-refractivity contribution in [2.45, 2.75) is 43.7 Å². The maximum absolute atomic E-state index is 14.7. The quantitative estimate of drug-likeness (QED) is 0.231. The van der Waals surface area contributed by atoms with Gasteiger partial charge in [-0.3, -0.25) is 0 Å². The van der Waals surface area contributed by atoms with E-state index in [-0.39, 0.29) is 35.7 Å². The summed E-state index contributed by atoms with van der Waals surface area (Å²) in [5, 5.41) is 4.79. The molecule has 5 rings (SSSR count). The van der Waals surface area contributed by atoms with Crippen LogP contribution in [0.1, 0.15) is 31.0 Å². The number of benzene rings is 3. The Bertz CT molecular complexity index is 1540. The van der Waals surface area contributed by atoms with Gasteiger partial charge in [0.2, 0.25) is 15.9 Å².